The van der Waals surface area contributed by atoms with Gasteiger partial charge in [0.05, 0.1) is 11.9 Å². The fraction of sp³-hybridized carbons (Fsp3) is 0.167. The van der Waals surface area contributed by atoms with E-state index in [1.54, 1.807) is 0 Å². The molecule has 2 rings (SSSR count). The van der Waals surface area contributed by atoms with Crippen molar-refractivity contribution in [1.82, 2.24) is 9.97 Å². The van der Waals surface area contributed by atoms with Crippen LogP contribution in [0.1, 0.15) is 11.1 Å². The molecule has 0 amide bonds. The maximum atomic E-state index is 13.6. The van der Waals surface area contributed by atoms with Crippen molar-refractivity contribution in [2.24, 2.45) is 0 Å². The van der Waals surface area contributed by atoms with E-state index >= 15 is 0 Å². The molecule has 1 aromatic carbocycles. The van der Waals surface area contributed by atoms with Crippen LogP contribution in [-0.4, -0.2) is 9.97 Å². The molecule has 0 bridgehead atoms. The first-order chi connectivity index (χ1) is 7.58. The van der Waals surface area contributed by atoms with E-state index in [-0.39, 0.29) is 10.6 Å². The maximum absolute atomic E-state index is 13.6. The Morgan fingerprint density at radius 2 is 2.06 bits per heavy atom. The van der Waals surface area contributed by atoms with Crippen LogP contribution in [0.4, 0.5) is 4.39 Å². The van der Waals surface area contributed by atoms with E-state index in [1.165, 1.54) is 0 Å². The highest BCUT2D eigenvalue weighted by molar-refractivity contribution is 7.71. The quantitative estimate of drug-likeness (QED) is 0.764. The van der Waals surface area contributed by atoms with Gasteiger partial charge in [-0.05, 0) is 31.6 Å². The van der Waals surface area contributed by atoms with E-state index in [9.17, 15) is 4.39 Å². The van der Waals surface area contributed by atoms with E-state index in [0.29, 0.717) is 5.69 Å². The number of nitrogens with one attached hydrogen (secondary N) is 1. The highest BCUT2D eigenvalue weighted by Gasteiger charge is 2.08. The first kappa shape index (κ1) is 11.0. The molecule has 0 fully saturated rings. The van der Waals surface area contributed by atoms with Crippen LogP contribution in [0, 0.1) is 24.4 Å². The lowest BCUT2D eigenvalue weighted by Crippen LogP contribution is -1.94. The second-order valence-corrected chi connectivity index (χ2v) is 4.12. The number of rotatable bonds is 1. The zero-order valence-electron chi connectivity index (χ0n) is 9.04. The average Bonchev–Trinajstić information content (AvgIpc) is 2.22. The van der Waals surface area contributed by atoms with Gasteiger partial charge >= 0.3 is 0 Å². The molecule has 0 saturated carbocycles. The molecule has 0 saturated heterocycles. The first-order valence-corrected chi connectivity index (χ1v) is 5.31. The summed E-state index contributed by atoms with van der Waals surface area (Å²) in [5.74, 6) is -0.388. The van der Waals surface area contributed by atoms with Gasteiger partial charge in [-0.1, -0.05) is 23.8 Å². The van der Waals surface area contributed by atoms with E-state index in [1.807, 2.05) is 32.0 Å². The minimum absolute atomic E-state index is 0.288. The van der Waals surface area contributed by atoms with Crippen molar-refractivity contribution in [1.29, 1.82) is 0 Å². The van der Waals surface area contributed by atoms with Crippen LogP contribution in [-0.2, 0) is 0 Å². The molecule has 0 aliphatic rings. The van der Waals surface area contributed by atoms with Crippen molar-refractivity contribution >= 4 is 12.2 Å². The molecular formula is C12H11FN2S. The van der Waals surface area contributed by atoms with Crippen LogP contribution in [0.25, 0.3) is 11.3 Å². The van der Waals surface area contributed by atoms with Gasteiger partial charge in [-0.3, -0.25) is 0 Å². The summed E-state index contributed by atoms with van der Waals surface area (Å²) in [6.07, 6.45) is 1.15. The SMILES string of the molecule is Cc1ccc(-c2[nH]c(=S)ncc2F)c(C)c1. The second-order valence-electron chi connectivity index (χ2n) is 3.73. The average molecular weight is 234 g/mol. The van der Waals surface area contributed by atoms with E-state index < -0.39 is 0 Å². The number of aromatic amines is 1. The van der Waals surface area contributed by atoms with Gasteiger partial charge in [0.2, 0.25) is 0 Å². The number of aryl methyl sites for hydroxylation is 2. The van der Waals surface area contributed by atoms with Crippen molar-refractivity contribution in [3.63, 3.8) is 0 Å². The summed E-state index contributed by atoms with van der Waals surface area (Å²) in [5.41, 5.74) is 3.37. The lowest BCUT2D eigenvalue weighted by molar-refractivity contribution is 0.617. The van der Waals surface area contributed by atoms with Gasteiger partial charge in [0, 0.05) is 5.56 Å². The number of halogens is 1. The van der Waals surface area contributed by atoms with Crippen LogP contribution in [0.15, 0.2) is 24.4 Å². The molecule has 0 atom stereocenters. The Morgan fingerprint density at radius 1 is 1.31 bits per heavy atom. The Hall–Kier alpha value is -1.55. The van der Waals surface area contributed by atoms with Crippen molar-refractivity contribution in [3.8, 4) is 11.3 Å². The van der Waals surface area contributed by atoms with Crippen LogP contribution in [0.3, 0.4) is 0 Å². The van der Waals surface area contributed by atoms with Gasteiger partial charge in [0.25, 0.3) is 0 Å². The summed E-state index contributed by atoms with van der Waals surface area (Å²) in [4.78, 5) is 6.48. The summed E-state index contributed by atoms with van der Waals surface area (Å²) in [7, 11) is 0. The van der Waals surface area contributed by atoms with Crippen LogP contribution < -0.4 is 0 Å². The predicted molar refractivity (Wildman–Crippen MR) is 64.3 cm³/mol. The van der Waals surface area contributed by atoms with Gasteiger partial charge in [0.15, 0.2) is 10.6 Å². The molecule has 2 aromatic rings. The molecule has 0 radical (unpaired) electrons. The smallest absolute Gasteiger partial charge is 0.197 e. The normalized spacial score (nSPS) is 10.4. The van der Waals surface area contributed by atoms with Gasteiger partial charge in [-0.25, -0.2) is 9.37 Å². The molecule has 4 heteroatoms. The number of nitrogens with zero attached hydrogens (tertiary/aromatic N) is 1. The summed E-state index contributed by atoms with van der Waals surface area (Å²) < 4.78 is 13.9. The standard InChI is InChI=1S/C12H11FN2S/c1-7-3-4-9(8(2)5-7)11-10(13)6-14-12(16)15-11/h3-6H,1-2H3,(H,14,15,16). The Kier molecular flexibility index (Phi) is 2.83. The molecule has 1 N–H and O–H groups in total. The van der Waals surface area contributed by atoms with Crippen LogP contribution in [0.2, 0.25) is 0 Å². The lowest BCUT2D eigenvalue weighted by atomic mass is 10.0. The fourth-order valence-electron chi connectivity index (χ4n) is 1.67. The van der Waals surface area contributed by atoms with Crippen molar-refractivity contribution < 1.29 is 4.39 Å². The molecule has 0 aliphatic carbocycles. The number of aromatic nitrogens is 2. The summed E-state index contributed by atoms with van der Waals surface area (Å²) in [5, 5.41) is 0. The van der Waals surface area contributed by atoms with Crippen molar-refractivity contribution in [3.05, 3.63) is 46.1 Å². The molecule has 0 spiro atoms. The molecule has 2 nitrogen and oxygen atoms in total. The topological polar surface area (TPSA) is 28.7 Å². The largest absolute Gasteiger partial charge is 0.328 e. The van der Waals surface area contributed by atoms with Gasteiger partial charge in [-0.15, -0.1) is 0 Å². The predicted octanol–water partition coefficient (Wildman–Crippen LogP) is 3.56. The first-order valence-electron chi connectivity index (χ1n) is 4.90. The number of hydrogen-bond acceptors (Lipinski definition) is 2. The highest BCUT2D eigenvalue weighted by Crippen LogP contribution is 2.24. The minimum Gasteiger partial charge on any atom is -0.328 e. The molecule has 0 aliphatic heterocycles. The van der Waals surface area contributed by atoms with Gasteiger partial charge < -0.3 is 4.98 Å². The summed E-state index contributed by atoms with van der Waals surface area (Å²) in [6, 6.07) is 5.83. The van der Waals surface area contributed by atoms with Gasteiger partial charge in [-0.2, -0.15) is 0 Å². The number of hydrogen-bond donors (Lipinski definition) is 1. The van der Waals surface area contributed by atoms with Crippen molar-refractivity contribution in [2.75, 3.05) is 0 Å². The third-order valence-electron chi connectivity index (χ3n) is 2.42. The van der Waals surface area contributed by atoms with E-state index in [4.69, 9.17) is 12.2 Å². The lowest BCUT2D eigenvalue weighted by Gasteiger charge is -2.07. The molecular weight excluding hydrogens is 223 g/mol. The minimum atomic E-state index is -0.388. The Bertz CT molecular complexity index is 590. The molecule has 1 aromatic heterocycles. The molecule has 0 unspecified atom stereocenters. The molecule has 1 heterocycles. The zero-order valence-corrected chi connectivity index (χ0v) is 9.86. The monoisotopic (exact) mass is 234 g/mol. The van der Waals surface area contributed by atoms with Crippen LogP contribution >= 0.6 is 12.2 Å². The second kappa shape index (κ2) is 4.14. The summed E-state index contributed by atoms with van der Waals surface area (Å²) >= 11 is 4.89. The Morgan fingerprint density at radius 3 is 2.75 bits per heavy atom. The van der Waals surface area contributed by atoms with Crippen molar-refractivity contribution in [2.45, 2.75) is 13.8 Å². The van der Waals surface area contributed by atoms with Crippen LogP contribution in [0.5, 0.6) is 0 Å². The molecule has 82 valence electrons. The maximum Gasteiger partial charge on any atom is 0.197 e. The zero-order chi connectivity index (χ0) is 11.7. The summed E-state index contributed by atoms with van der Waals surface area (Å²) in [6.45, 7) is 3.95. The Labute approximate surface area is 98.2 Å². The third kappa shape index (κ3) is 2.02. The third-order valence-corrected chi connectivity index (χ3v) is 2.62. The number of H-pyrrole nitrogens is 1. The fourth-order valence-corrected chi connectivity index (χ4v) is 1.82. The Balaban J connectivity index is 2.67. The van der Waals surface area contributed by atoms with E-state index in [2.05, 4.69) is 9.97 Å². The van der Waals surface area contributed by atoms with E-state index in [0.717, 1.165) is 22.9 Å². The highest BCUT2D eigenvalue weighted by atomic mass is 32.1. The van der Waals surface area contributed by atoms with Gasteiger partial charge in [0.1, 0.15) is 0 Å². The molecule has 16 heavy (non-hydrogen) atoms. The number of benzene rings is 1.